The van der Waals surface area contributed by atoms with Crippen LogP contribution < -0.4 is 5.73 Å². The van der Waals surface area contributed by atoms with Crippen molar-refractivity contribution < 1.29 is 9.72 Å². The summed E-state index contributed by atoms with van der Waals surface area (Å²) in [6.45, 7) is 4.82. The number of rotatable bonds is 5. The second-order valence-electron chi connectivity index (χ2n) is 4.94. The molecule has 0 aliphatic heterocycles. The van der Waals surface area contributed by atoms with Crippen molar-refractivity contribution in [2.75, 3.05) is 19.3 Å². The van der Waals surface area contributed by atoms with Crippen molar-refractivity contribution in [3.05, 3.63) is 33.9 Å². The van der Waals surface area contributed by atoms with Gasteiger partial charge in [0.1, 0.15) is 5.69 Å². The zero-order valence-corrected chi connectivity index (χ0v) is 11.4. The monoisotopic (exact) mass is 265 g/mol. The summed E-state index contributed by atoms with van der Waals surface area (Å²) in [7, 11) is 1.71. The third-order valence-corrected chi connectivity index (χ3v) is 2.86. The number of anilines is 1. The van der Waals surface area contributed by atoms with Gasteiger partial charge in [-0.25, -0.2) is 0 Å². The highest BCUT2D eigenvalue weighted by molar-refractivity contribution is 5.95. The summed E-state index contributed by atoms with van der Waals surface area (Å²) in [4.78, 5) is 23.8. The summed E-state index contributed by atoms with van der Waals surface area (Å²) >= 11 is 0. The molecule has 1 amide bonds. The summed E-state index contributed by atoms with van der Waals surface area (Å²) in [5, 5.41) is 10.6. The number of hydrogen-bond donors (Lipinski definition) is 1. The molecule has 0 unspecified atom stereocenters. The van der Waals surface area contributed by atoms with Gasteiger partial charge < -0.3 is 10.6 Å². The molecule has 1 aromatic carbocycles. The molecule has 0 saturated heterocycles. The maximum Gasteiger partial charge on any atom is 0.292 e. The topological polar surface area (TPSA) is 89.5 Å². The fourth-order valence-electron chi connectivity index (χ4n) is 1.63. The first-order valence-corrected chi connectivity index (χ1v) is 6.12. The molecule has 0 radical (unpaired) electrons. The number of carbonyl (C=O) groups excluding carboxylic acids is 1. The molecule has 0 atom stereocenters. The van der Waals surface area contributed by atoms with Crippen molar-refractivity contribution in [3.63, 3.8) is 0 Å². The van der Waals surface area contributed by atoms with Crippen LogP contribution in [-0.4, -0.2) is 29.3 Å². The number of nitrogens with zero attached hydrogens (tertiary/aromatic N) is 2. The highest BCUT2D eigenvalue weighted by Crippen LogP contribution is 2.22. The summed E-state index contributed by atoms with van der Waals surface area (Å²) in [5.74, 6) is 0.333. The third kappa shape index (κ3) is 3.94. The lowest BCUT2D eigenvalue weighted by Gasteiger charge is -2.18. The molecule has 104 valence electrons. The highest BCUT2D eigenvalue weighted by atomic mass is 16.6. The van der Waals surface area contributed by atoms with E-state index in [1.54, 1.807) is 11.9 Å². The van der Waals surface area contributed by atoms with Gasteiger partial charge in [-0.05, 0) is 24.5 Å². The standard InChI is InChI=1S/C13H19N3O3/c1-9(2)6-7-15(3)13(17)10-4-5-12(16(18)19)11(14)8-10/h4-5,8-9H,6-7,14H2,1-3H3. The Morgan fingerprint density at radius 2 is 2.11 bits per heavy atom. The van der Waals surface area contributed by atoms with Gasteiger partial charge in [0.05, 0.1) is 4.92 Å². The van der Waals surface area contributed by atoms with Gasteiger partial charge in [-0.15, -0.1) is 0 Å². The van der Waals surface area contributed by atoms with Crippen LogP contribution in [0, 0.1) is 16.0 Å². The number of amides is 1. The minimum atomic E-state index is -0.563. The minimum Gasteiger partial charge on any atom is -0.393 e. The van der Waals surface area contributed by atoms with Crippen LogP contribution in [0.3, 0.4) is 0 Å². The Bertz CT molecular complexity index is 486. The Morgan fingerprint density at radius 3 is 2.58 bits per heavy atom. The van der Waals surface area contributed by atoms with Gasteiger partial charge in [-0.3, -0.25) is 14.9 Å². The number of benzene rings is 1. The molecule has 0 saturated carbocycles. The number of carbonyl (C=O) groups is 1. The van der Waals surface area contributed by atoms with E-state index in [2.05, 4.69) is 13.8 Å². The van der Waals surface area contributed by atoms with E-state index in [9.17, 15) is 14.9 Å². The normalized spacial score (nSPS) is 10.5. The Balaban J connectivity index is 2.83. The van der Waals surface area contributed by atoms with Crippen LogP contribution in [0.15, 0.2) is 18.2 Å². The van der Waals surface area contributed by atoms with Crippen molar-refractivity contribution in [2.24, 2.45) is 5.92 Å². The fourth-order valence-corrected chi connectivity index (χ4v) is 1.63. The molecule has 6 nitrogen and oxygen atoms in total. The molecule has 0 aliphatic carbocycles. The van der Waals surface area contributed by atoms with Gasteiger partial charge >= 0.3 is 0 Å². The number of nitrogens with two attached hydrogens (primary N) is 1. The number of nitro groups is 1. The van der Waals surface area contributed by atoms with Crippen LogP contribution in [0.1, 0.15) is 30.6 Å². The largest absolute Gasteiger partial charge is 0.393 e. The van der Waals surface area contributed by atoms with Gasteiger partial charge in [0, 0.05) is 25.2 Å². The van der Waals surface area contributed by atoms with E-state index in [0.717, 1.165) is 6.42 Å². The molecule has 19 heavy (non-hydrogen) atoms. The average molecular weight is 265 g/mol. The Labute approximate surface area is 112 Å². The molecule has 6 heteroatoms. The van der Waals surface area contributed by atoms with Gasteiger partial charge in [0.2, 0.25) is 0 Å². The molecule has 0 spiro atoms. The van der Waals surface area contributed by atoms with Crippen LogP contribution >= 0.6 is 0 Å². The van der Waals surface area contributed by atoms with Crippen LogP contribution in [0.25, 0.3) is 0 Å². The number of nitro benzene ring substituents is 1. The summed E-state index contributed by atoms with van der Waals surface area (Å²) in [5.41, 5.74) is 5.77. The smallest absolute Gasteiger partial charge is 0.292 e. The van der Waals surface area contributed by atoms with Gasteiger partial charge in [-0.1, -0.05) is 13.8 Å². The lowest BCUT2D eigenvalue weighted by Crippen LogP contribution is -2.28. The molecule has 1 aromatic rings. The van der Waals surface area contributed by atoms with Crippen molar-refractivity contribution in [1.82, 2.24) is 4.90 Å². The maximum atomic E-state index is 12.1. The minimum absolute atomic E-state index is 0.00751. The van der Waals surface area contributed by atoms with Gasteiger partial charge in [0.15, 0.2) is 0 Å². The van der Waals surface area contributed by atoms with E-state index >= 15 is 0 Å². The molecule has 0 bridgehead atoms. The molecule has 1 rings (SSSR count). The molecule has 0 heterocycles. The van der Waals surface area contributed by atoms with Crippen LogP contribution in [0.4, 0.5) is 11.4 Å². The Morgan fingerprint density at radius 1 is 1.47 bits per heavy atom. The third-order valence-electron chi connectivity index (χ3n) is 2.86. The SMILES string of the molecule is CC(C)CCN(C)C(=O)c1ccc([N+](=O)[O-])c(N)c1. The van der Waals surface area contributed by atoms with Gasteiger partial charge in [-0.2, -0.15) is 0 Å². The second-order valence-corrected chi connectivity index (χ2v) is 4.94. The number of nitrogen functional groups attached to an aromatic ring is 1. The average Bonchev–Trinajstić information content (AvgIpc) is 2.34. The Kier molecular flexibility index (Phi) is 4.86. The first-order chi connectivity index (χ1) is 8.82. The lowest BCUT2D eigenvalue weighted by atomic mass is 10.1. The zero-order chi connectivity index (χ0) is 14.6. The molecular weight excluding hydrogens is 246 g/mol. The van der Waals surface area contributed by atoms with E-state index < -0.39 is 4.92 Å². The van der Waals surface area contributed by atoms with E-state index in [1.807, 2.05) is 0 Å². The first kappa shape index (κ1) is 14.9. The van der Waals surface area contributed by atoms with Crippen LogP contribution in [0.2, 0.25) is 0 Å². The highest BCUT2D eigenvalue weighted by Gasteiger charge is 2.17. The van der Waals surface area contributed by atoms with E-state index in [1.165, 1.54) is 18.2 Å². The molecule has 0 aromatic heterocycles. The molecular formula is C13H19N3O3. The van der Waals surface area contributed by atoms with Crippen molar-refractivity contribution in [3.8, 4) is 0 Å². The Hall–Kier alpha value is -2.11. The van der Waals surface area contributed by atoms with Gasteiger partial charge in [0.25, 0.3) is 11.6 Å². The van der Waals surface area contributed by atoms with E-state index in [4.69, 9.17) is 5.73 Å². The second kappa shape index (κ2) is 6.17. The predicted molar refractivity (Wildman–Crippen MR) is 73.9 cm³/mol. The fraction of sp³-hybridized carbons (Fsp3) is 0.462. The molecule has 0 fully saturated rings. The van der Waals surface area contributed by atoms with Crippen molar-refractivity contribution in [1.29, 1.82) is 0 Å². The van der Waals surface area contributed by atoms with Crippen molar-refractivity contribution in [2.45, 2.75) is 20.3 Å². The predicted octanol–water partition coefficient (Wildman–Crippen LogP) is 2.30. The maximum absolute atomic E-state index is 12.1. The van der Waals surface area contributed by atoms with Crippen molar-refractivity contribution >= 4 is 17.3 Å². The zero-order valence-electron chi connectivity index (χ0n) is 11.4. The van der Waals surface area contributed by atoms with Crippen LogP contribution in [-0.2, 0) is 0 Å². The molecule has 0 aliphatic rings. The van der Waals surface area contributed by atoms with E-state index in [0.29, 0.717) is 18.0 Å². The number of hydrogen-bond acceptors (Lipinski definition) is 4. The first-order valence-electron chi connectivity index (χ1n) is 6.12. The molecule has 2 N–H and O–H groups in total. The quantitative estimate of drug-likeness (QED) is 0.502. The van der Waals surface area contributed by atoms with Crippen LogP contribution in [0.5, 0.6) is 0 Å². The lowest BCUT2D eigenvalue weighted by molar-refractivity contribution is -0.383. The summed E-state index contributed by atoms with van der Waals surface area (Å²) in [6.07, 6.45) is 0.907. The summed E-state index contributed by atoms with van der Waals surface area (Å²) < 4.78 is 0. The van der Waals surface area contributed by atoms with E-state index in [-0.39, 0.29) is 17.3 Å². The summed E-state index contributed by atoms with van der Waals surface area (Å²) in [6, 6.07) is 4.05.